The quantitative estimate of drug-likeness (QED) is 0.594. The maximum absolute atomic E-state index is 10.9. The maximum atomic E-state index is 10.9. The third-order valence-corrected chi connectivity index (χ3v) is 2.18. The zero-order valence-electron chi connectivity index (χ0n) is 7.12. The molecular weight excluding hydrogens is 154 g/mol. The third kappa shape index (κ3) is 2.66. The zero-order chi connectivity index (χ0) is 8.97. The average molecular weight is 169 g/mol. The van der Waals surface area contributed by atoms with Crippen molar-refractivity contribution in [1.29, 1.82) is 0 Å². The van der Waals surface area contributed by atoms with Gasteiger partial charge < -0.3 is 10.4 Å². The van der Waals surface area contributed by atoms with Gasteiger partial charge in [0.1, 0.15) is 0 Å². The van der Waals surface area contributed by atoms with Gasteiger partial charge in [-0.25, -0.2) is 0 Å². The van der Waals surface area contributed by atoms with Gasteiger partial charge in [0.15, 0.2) is 0 Å². The summed E-state index contributed by atoms with van der Waals surface area (Å²) in [6, 6.07) is 0.138. The summed E-state index contributed by atoms with van der Waals surface area (Å²) in [5, 5.41) is 12.1. The first kappa shape index (κ1) is 9.26. The molecule has 0 aromatic heterocycles. The van der Waals surface area contributed by atoms with Gasteiger partial charge in [-0.2, -0.15) is 0 Å². The molecule has 1 aliphatic carbocycles. The number of hydrogen-bond donors (Lipinski definition) is 2. The first-order valence-electron chi connectivity index (χ1n) is 4.33. The molecule has 0 aromatic rings. The number of hydrogen-bond acceptors (Lipinski definition) is 2. The van der Waals surface area contributed by atoms with Gasteiger partial charge in [0.2, 0.25) is 5.91 Å². The SMILES string of the molecule is C=CC(=O)NC1CCCC(O)C1. The minimum Gasteiger partial charge on any atom is -0.393 e. The Balaban J connectivity index is 2.31. The normalized spacial score (nSPS) is 29.4. The van der Waals surface area contributed by atoms with Crippen LogP contribution < -0.4 is 5.32 Å². The van der Waals surface area contributed by atoms with Crippen molar-refractivity contribution in [1.82, 2.24) is 5.32 Å². The maximum Gasteiger partial charge on any atom is 0.243 e. The van der Waals surface area contributed by atoms with Gasteiger partial charge in [-0.15, -0.1) is 0 Å². The van der Waals surface area contributed by atoms with Crippen LogP contribution in [0.4, 0.5) is 0 Å². The molecule has 0 bridgehead atoms. The average Bonchev–Trinajstić information content (AvgIpc) is 2.04. The summed E-state index contributed by atoms with van der Waals surface area (Å²) in [7, 11) is 0. The van der Waals surface area contributed by atoms with E-state index in [-0.39, 0.29) is 18.1 Å². The van der Waals surface area contributed by atoms with E-state index < -0.39 is 0 Å². The Bertz CT molecular complexity index is 179. The predicted octanol–water partition coefficient (Wildman–Crippen LogP) is 0.592. The van der Waals surface area contributed by atoms with Gasteiger partial charge in [-0.05, 0) is 31.8 Å². The van der Waals surface area contributed by atoms with E-state index in [4.69, 9.17) is 0 Å². The number of aliphatic hydroxyl groups excluding tert-OH is 1. The molecular formula is C9H15NO2. The number of rotatable bonds is 2. The van der Waals surface area contributed by atoms with Gasteiger partial charge >= 0.3 is 0 Å². The Hall–Kier alpha value is -0.830. The summed E-state index contributed by atoms with van der Waals surface area (Å²) in [5.41, 5.74) is 0. The highest BCUT2D eigenvalue weighted by Gasteiger charge is 2.20. The van der Waals surface area contributed by atoms with Crippen molar-refractivity contribution in [2.24, 2.45) is 0 Å². The molecule has 0 saturated heterocycles. The molecule has 2 N–H and O–H groups in total. The van der Waals surface area contributed by atoms with Crippen molar-refractivity contribution in [2.75, 3.05) is 0 Å². The van der Waals surface area contributed by atoms with Gasteiger partial charge in [0.25, 0.3) is 0 Å². The lowest BCUT2D eigenvalue weighted by Crippen LogP contribution is -2.38. The topological polar surface area (TPSA) is 49.3 Å². The Morgan fingerprint density at radius 1 is 1.58 bits per heavy atom. The minimum atomic E-state index is -0.242. The molecule has 0 aromatic carbocycles. The monoisotopic (exact) mass is 169 g/mol. The van der Waals surface area contributed by atoms with Crippen LogP contribution in [-0.4, -0.2) is 23.2 Å². The largest absolute Gasteiger partial charge is 0.393 e. The number of aliphatic hydroxyl groups is 1. The van der Waals surface area contributed by atoms with Crippen molar-refractivity contribution in [3.63, 3.8) is 0 Å². The van der Waals surface area contributed by atoms with Crippen LogP contribution in [0.25, 0.3) is 0 Å². The second-order valence-electron chi connectivity index (χ2n) is 3.23. The van der Waals surface area contributed by atoms with Crippen LogP contribution in [0.5, 0.6) is 0 Å². The van der Waals surface area contributed by atoms with E-state index in [2.05, 4.69) is 11.9 Å². The lowest BCUT2D eigenvalue weighted by molar-refractivity contribution is -0.117. The lowest BCUT2D eigenvalue weighted by atomic mass is 9.93. The van der Waals surface area contributed by atoms with E-state index in [0.29, 0.717) is 6.42 Å². The number of nitrogens with one attached hydrogen (secondary N) is 1. The summed E-state index contributed by atoms with van der Waals surface area (Å²) in [6.45, 7) is 3.37. The van der Waals surface area contributed by atoms with E-state index in [1.54, 1.807) is 0 Å². The molecule has 1 fully saturated rings. The molecule has 0 radical (unpaired) electrons. The van der Waals surface area contributed by atoms with Crippen LogP contribution in [0.2, 0.25) is 0 Å². The van der Waals surface area contributed by atoms with E-state index in [0.717, 1.165) is 19.3 Å². The van der Waals surface area contributed by atoms with Crippen LogP contribution in [0, 0.1) is 0 Å². The van der Waals surface area contributed by atoms with Gasteiger partial charge in [-0.3, -0.25) is 4.79 Å². The number of carbonyl (C=O) groups excluding carboxylic acids is 1. The van der Waals surface area contributed by atoms with Gasteiger partial charge in [-0.1, -0.05) is 6.58 Å². The lowest BCUT2D eigenvalue weighted by Gasteiger charge is -2.26. The Morgan fingerprint density at radius 3 is 2.92 bits per heavy atom. The van der Waals surface area contributed by atoms with Crippen molar-refractivity contribution < 1.29 is 9.90 Å². The molecule has 1 rings (SSSR count). The highest BCUT2D eigenvalue weighted by atomic mass is 16.3. The Kier molecular flexibility index (Phi) is 3.29. The second-order valence-corrected chi connectivity index (χ2v) is 3.23. The molecule has 1 aliphatic rings. The summed E-state index contributed by atoms with van der Waals surface area (Å²) in [5.74, 6) is -0.144. The first-order valence-corrected chi connectivity index (χ1v) is 4.33. The van der Waals surface area contributed by atoms with Crippen LogP contribution in [-0.2, 0) is 4.79 Å². The van der Waals surface area contributed by atoms with Gasteiger partial charge in [0, 0.05) is 6.04 Å². The fourth-order valence-electron chi connectivity index (χ4n) is 1.56. The van der Waals surface area contributed by atoms with Crippen molar-refractivity contribution >= 4 is 5.91 Å². The van der Waals surface area contributed by atoms with E-state index in [1.807, 2.05) is 0 Å². The highest BCUT2D eigenvalue weighted by molar-refractivity contribution is 5.87. The molecule has 1 amide bonds. The molecule has 3 nitrogen and oxygen atoms in total. The highest BCUT2D eigenvalue weighted by Crippen LogP contribution is 2.17. The second kappa shape index (κ2) is 4.26. The molecule has 2 unspecified atom stereocenters. The third-order valence-electron chi connectivity index (χ3n) is 2.18. The molecule has 3 heteroatoms. The number of amides is 1. The first-order chi connectivity index (χ1) is 5.72. The van der Waals surface area contributed by atoms with Crippen molar-refractivity contribution in [3.05, 3.63) is 12.7 Å². The van der Waals surface area contributed by atoms with Crippen molar-refractivity contribution in [2.45, 2.75) is 37.8 Å². The summed E-state index contributed by atoms with van der Waals surface area (Å²) < 4.78 is 0. The molecule has 2 atom stereocenters. The van der Waals surface area contributed by atoms with Crippen LogP contribution in [0.15, 0.2) is 12.7 Å². The number of carbonyl (C=O) groups is 1. The smallest absolute Gasteiger partial charge is 0.243 e. The predicted molar refractivity (Wildman–Crippen MR) is 46.6 cm³/mol. The van der Waals surface area contributed by atoms with Crippen LogP contribution in [0.1, 0.15) is 25.7 Å². The van der Waals surface area contributed by atoms with Crippen LogP contribution >= 0.6 is 0 Å². The molecule has 68 valence electrons. The van der Waals surface area contributed by atoms with E-state index in [1.165, 1.54) is 6.08 Å². The molecule has 0 heterocycles. The van der Waals surface area contributed by atoms with Gasteiger partial charge in [0.05, 0.1) is 6.10 Å². The summed E-state index contributed by atoms with van der Waals surface area (Å²) in [4.78, 5) is 10.9. The Labute approximate surface area is 72.5 Å². The summed E-state index contributed by atoms with van der Waals surface area (Å²) in [6.07, 6.45) is 4.52. The molecule has 1 saturated carbocycles. The fraction of sp³-hybridized carbons (Fsp3) is 0.667. The minimum absolute atomic E-state index is 0.138. The summed E-state index contributed by atoms with van der Waals surface area (Å²) >= 11 is 0. The molecule has 0 aliphatic heterocycles. The standard InChI is InChI=1S/C9H15NO2/c1-2-9(12)10-7-4-3-5-8(11)6-7/h2,7-8,11H,1,3-6H2,(H,10,12). The molecule has 0 spiro atoms. The Morgan fingerprint density at radius 2 is 2.33 bits per heavy atom. The van der Waals surface area contributed by atoms with Crippen molar-refractivity contribution in [3.8, 4) is 0 Å². The van der Waals surface area contributed by atoms with E-state index in [9.17, 15) is 9.90 Å². The van der Waals surface area contributed by atoms with E-state index >= 15 is 0 Å². The fourth-order valence-corrected chi connectivity index (χ4v) is 1.56. The van der Waals surface area contributed by atoms with Crippen LogP contribution in [0.3, 0.4) is 0 Å². The zero-order valence-corrected chi connectivity index (χ0v) is 7.12. The molecule has 12 heavy (non-hydrogen) atoms.